The molecule has 2 fully saturated rings. The van der Waals surface area contributed by atoms with Crippen molar-refractivity contribution in [3.8, 4) is 5.75 Å². The molecule has 0 spiro atoms. The number of hydrogen-bond acceptors (Lipinski definition) is 3. The lowest BCUT2D eigenvalue weighted by Crippen LogP contribution is -2.42. The van der Waals surface area contributed by atoms with E-state index >= 15 is 0 Å². The molecule has 1 N–H and O–H groups in total. The normalized spacial score (nSPS) is 18.7. The third-order valence-electron chi connectivity index (χ3n) is 5.69. The van der Waals surface area contributed by atoms with Crippen molar-refractivity contribution in [2.75, 3.05) is 19.7 Å². The first-order valence-corrected chi connectivity index (χ1v) is 10.6. The third kappa shape index (κ3) is 5.38. The molecule has 5 nitrogen and oxygen atoms in total. The van der Waals surface area contributed by atoms with E-state index in [9.17, 15) is 14.0 Å². The fourth-order valence-electron chi connectivity index (χ4n) is 3.76. The van der Waals surface area contributed by atoms with Gasteiger partial charge in [-0.3, -0.25) is 9.59 Å². The first-order chi connectivity index (χ1) is 14.6. The molecule has 2 aromatic carbocycles. The van der Waals surface area contributed by atoms with Crippen LogP contribution in [0.1, 0.15) is 41.6 Å². The smallest absolute Gasteiger partial charge is 0.251 e. The zero-order chi connectivity index (χ0) is 20.9. The van der Waals surface area contributed by atoms with Crippen LogP contribution in [0.2, 0.25) is 0 Å². The Balaban J connectivity index is 1.26. The van der Waals surface area contributed by atoms with E-state index in [-0.39, 0.29) is 30.0 Å². The first kappa shape index (κ1) is 20.4. The van der Waals surface area contributed by atoms with Crippen LogP contribution in [0.4, 0.5) is 4.39 Å². The van der Waals surface area contributed by atoms with Crippen LogP contribution in [0.25, 0.3) is 0 Å². The van der Waals surface area contributed by atoms with Crippen molar-refractivity contribution in [1.82, 2.24) is 10.2 Å². The van der Waals surface area contributed by atoms with Gasteiger partial charge >= 0.3 is 0 Å². The molecule has 1 heterocycles. The fraction of sp³-hybridized carbons (Fsp3) is 0.417. The summed E-state index contributed by atoms with van der Waals surface area (Å²) >= 11 is 0. The molecule has 0 aromatic heterocycles. The van der Waals surface area contributed by atoms with Crippen molar-refractivity contribution in [3.63, 3.8) is 0 Å². The van der Waals surface area contributed by atoms with Crippen molar-refractivity contribution >= 4 is 11.8 Å². The number of amides is 2. The number of likely N-dealkylation sites (tertiary alicyclic amines) is 1. The van der Waals surface area contributed by atoms with Gasteiger partial charge in [0.25, 0.3) is 5.91 Å². The van der Waals surface area contributed by atoms with Crippen LogP contribution in [0, 0.1) is 11.7 Å². The summed E-state index contributed by atoms with van der Waals surface area (Å²) in [5.41, 5.74) is 1.07. The van der Waals surface area contributed by atoms with Gasteiger partial charge < -0.3 is 15.0 Å². The number of nitrogens with zero attached hydrogens (tertiary/aromatic N) is 1. The highest BCUT2D eigenvalue weighted by molar-refractivity contribution is 5.94. The number of halogens is 1. The van der Waals surface area contributed by atoms with Crippen LogP contribution in [0.15, 0.2) is 48.5 Å². The largest absolute Gasteiger partial charge is 0.493 e. The minimum absolute atomic E-state index is 0.0414. The molecule has 6 heteroatoms. The van der Waals surface area contributed by atoms with Crippen molar-refractivity contribution in [2.45, 2.75) is 38.1 Å². The standard InChI is InChI=1S/C24H27FN2O3/c25-22-6-2-1-5-19(22)14-23(28)27-13-3-4-17(15-27)16-30-21-11-7-18(8-12-21)24(29)26-20-9-10-20/h1-2,5-8,11-12,17,20H,3-4,9-10,13-16H2,(H,26,29). The molecule has 158 valence electrons. The van der Waals surface area contributed by atoms with Crippen molar-refractivity contribution in [2.24, 2.45) is 5.92 Å². The summed E-state index contributed by atoms with van der Waals surface area (Å²) < 4.78 is 19.7. The highest BCUT2D eigenvalue weighted by atomic mass is 19.1. The summed E-state index contributed by atoms with van der Waals surface area (Å²) in [6.07, 6.45) is 4.12. The Kier molecular flexibility index (Phi) is 6.31. The third-order valence-corrected chi connectivity index (χ3v) is 5.69. The number of rotatable bonds is 7. The van der Waals surface area contributed by atoms with Crippen molar-refractivity contribution < 1.29 is 18.7 Å². The van der Waals surface area contributed by atoms with E-state index in [4.69, 9.17) is 4.74 Å². The summed E-state index contributed by atoms with van der Waals surface area (Å²) in [7, 11) is 0. The topological polar surface area (TPSA) is 58.6 Å². The second kappa shape index (κ2) is 9.28. The van der Waals surface area contributed by atoms with Gasteiger partial charge in [-0.1, -0.05) is 18.2 Å². The van der Waals surface area contributed by atoms with Gasteiger partial charge in [0.1, 0.15) is 11.6 Å². The van der Waals surface area contributed by atoms with Crippen LogP contribution in [-0.4, -0.2) is 42.5 Å². The second-order valence-corrected chi connectivity index (χ2v) is 8.20. The van der Waals surface area contributed by atoms with E-state index in [0.717, 1.165) is 25.7 Å². The molecular weight excluding hydrogens is 383 g/mol. The van der Waals surface area contributed by atoms with Gasteiger partial charge in [-0.2, -0.15) is 0 Å². The highest BCUT2D eigenvalue weighted by Crippen LogP contribution is 2.22. The molecule has 1 atom stereocenters. The monoisotopic (exact) mass is 410 g/mol. The predicted molar refractivity (Wildman–Crippen MR) is 112 cm³/mol. The summed E-state index contributed by atoms with van der Waals surface area (Å²) in [6.45, 7) is 1.83. The SMILES string of the molecule is O=C(NC1CC1)c1ccc(OCC2CCCN(C(=O)Cc3ccccc3F)C2)cc1. The molecule has 4 rings (SSSR count). The quantitative estimate of drug-likeness (QED) is 0.759. The Morgan fingerprint density at radius 3 is 2.57 bits per heavy atom. The molecule has 1 saturated heterocycles. The summed E-state index contributed by atoms with van der Waals surface area (Å²) in [6, 6.07) is 13.9. The maximum absolute atomic E-state index is 13.8. The molecule has 2 amide bonds. The van der Waals surface area contributed by atoms with Crippen LogP contribution < -0.4 is 10.1 Å². The van der Waals surface area contributed by atoms with Crippen LogP contribution in [0.3, 0.4) is 0 Å². The van der Waals surface area contributed by atoms with Crippen molar-refractivity contribution in [3.05, 3.63) is 65.5 Å². The number of hydrogen-bond donors (Lipinski definition) is 1. The molecule has 2 aromatic rings. The average molecular weight is 410 g/mol. The van der Waals surface area contributed by atoms with Gasteiger partial charge in [0.15, 0.2) is 0 Å². The molecule has 0 radical (unpaired) electrons. The lowest BCUT2D eigenvalue weighted by molar-refractivity contribution is -0.132. The van der Waals surface area contributed by atoms with Gasteiger partial charge in [0.05, 0.1) is 13.0 Å². The molecule has 2 aliphatic rings. The number of carbonyl (C=O) groups is 2. The van der Waals surface area contributed by atoms with Gasteiger partial charge in [0, 0.05) is 30.6 Å². The second-order valence-electron chi connectivity index (χ2n) is 8.20. The minimum Gasteiger partial charge on any atom is -0.493 e. The van der Waals surface area contributed by atoms with E-state index in [1.807, 2.05) is 17.0 Å². The van der Waals surface area contributed by atoms with E-state index < -0.39 is 0 Å². The Labute approximate surface area is 176 Å². The average Bonchev–Trinajstić information content (AvgIpc) is 3.58. The number of carbonyl (C=O) groups excluding carboxylic acids is 2. The lowest BCUT2D eigenvalue weighted by atomic mass is 9.98. The molecular formula is C24H27FN2O3. The van der Waals surface area contributed by atoms with Gasteiger partial charge in [-0.25, -0.2) is 4.39 Å². The van der Waals surface area contributed by atoms with Gasteiger partial charge in [0.2, 0.25) is 5.91 Å². The van der Waals surface area contributed by atoms with E-state index in [1.54, 1.807) is 30.3 Å². The molecule has 1 saturated carbocycles. The van der Waals surface area contributed by atoms with E-state index in [0.29, 0.717) is 42.6 Å². The number of piperidine rings is 1. The number of nitrogens with one attached hydrogen (secondary N) is 1. The minimum atomic E-state index is -0.336. The van der Waals surface area contributed by atoms with E-state index in [1.165, 1.54) is 6.07 Å². The molecule has 1 unspecified atom stereocenters. The maximum atomic E-state index is 13.8. The Bertz CT molecular complexity index is 896. The molecule has 0 bridgehead atoms. The van der Waals surface area contributed by atoms with Crippen LogP contribution in [-0.2, 0) is 11.2 Å². The van der Waals surface area contributed by atoms with Crippen LogP contribution >= 0.6 is 0 Å². The highest BCUT2D eigenvalue weighted by Gasteiger charge is 2.25. The summed E-state index contributed by atoms with van der Waals surface area (Å²) in [5, 5.41) is 2.97. The zero-order valence-electron chi connectivity index (χ0n) is 17.0. The molecule has 30 heavy (non-hydrogen) atoms. The van der Waals surface area contributed by atoms with Gasteiger partial charge in [-0.15, -0.1) is 0 Å². The Morgan fingerprint density at radius 1 is 1.07 bits per heavy atom. The Hall–Kier alpha value is -2.89. The molecule has 1 aliphatic heterocycles. The zero-order valence-corrected chi connectivity index (χ0v) is 17.0. The van der Waals surface area contributed by atoms with Gasteiger partial charge in [-0.05, 0) is 61.6 Å². The van der Waals surface area contributed by atoms with Crippen molar-refractivity contribution in [1.29, 1.82) is 0 Å². The van der Waals surface area contributed by atoms with E-state index in [2.05, 4.69) is 5.32 Å². The number of ether oxygens (including phenoxy) is 1. The fourth-order valence-corrected chi connectivity index (χ4v) is 3.76. The lowest BCUT2D eigenvalue weighted by Gasteiger charge is -2.32. The summed E-state index contributed by atoms with van der Waals surface area (Å²) in [5.74, 6) is 0.530. The number of benzene rings is 2. The summed E-state index contributed by atoms with van der Waals surface area (Å²) in [4.78, 5) is 26.5. The van der Waals surface area contributed by atoms with Crippen LogP contribution in [0.5, 0.6) is 5.75 Å². The predicted octanol–water partition coefficient (Wildman–Crippen LogP) is 3.58. The first-order valence-electron chi connectivity index (χ1n) is 10.6. The maximum Gasteiger partial charge on any atom is 0.251 e. The molecule has 1 aliphatic carbocycles. The Morgan fingerprint density at radius 2 is 1.83 bits per heavy atom.